The number of hydrogen-bond acceptors (Lipinski definition) is 3. The van der Waals surface area contributed by atoms with Crippen LogP contribution in [-0.2, 0) is 7.05 Å². The molecule has 4 rings (SSSR count). The first-order valence-corrected chi connectivity index (χ1v) is 9.31. The Bertz CT molecular complexity index is 1080. The van der Waals surface area contributed by atoms with Crippen LogP contribution in [0.25, 0.3) is 5.69 Å². The normalized spacial score (nSPS) is 11.8. The standard InChI is InChI=1S/C23H22N4O2/c1-26-16-13-24-22(26)21(17-7-11-20(29-2)12-8-17)25-23(28)18-5-9-19(10-6-18)27-14-3-4-15-27/h3-16,21H,1-2H3,(H,25,28)/t21-/m1/s1. The molecule has 1 atom stereocenters. The molecule has 0 aliphatic rings. The van der Waals surface area contributed by atoms with E-state index in [0.717, 1.165) is 22.8 Å². The first-order chi connectivity index (χ1) is 14.2. The second-order valence-electron chi connectivity index (χ2n) is 6.71. The molecule has 0 saturated heterocycles. The average Bonchev–Trinajstić information content (AvgIpc) is 3.44. The van der Waals surface area contributed by atoms with Crippen LogP contribution in [0.3, 0.4) is 0 Å². The van der Waals surface area contributed by atoms with Crippen LogP contribution in [0.5, 0.6) is 5.75 Å². The van der Waals surface area contributed by atoms with Crippen LogP contribution in [0, 0.1) is 0 Å². The van der Waals surface area contributed by atoms with Crippen molar-refractivity contribution in [2.75, 3.05) is 7.11 Å². The number of nitrogens with zero attached hydrogens (tertiary/aromatic N) is 3. The number of imidazole rings is 1. The number of carbonyl (C=O) groups is 1. The number of nitrogens with one attached hydrogen (secondary N) is 1. The fraction of sp³-hybridized carbons (Fsp3) is 0.130. The van der Waals surface area contributed by atoms with Crippen molar-refractivity contribution in [3.63, 3.8) is 0 Å². The van der Waals surface area contributed by atoms with E-state index in [1.165, 1.54) is 0 Å². The third-order valence-corrected chi connectivity index (χ3v) is 4.87. The molecule has 2 heterocycles. The lowest BCUT2D eigenvalue weighted by Crippen LogP contribution is -2.31. The molecule has 0 radical (unpaired) electrons. The predicted molar refractivity (Wildman–Crippen MR) is 111 cm³/mol. The summed E-state index contributed by atoms with van der Waals surface area (Å²) in [6.45, 7) is 0. The maximum Gasteiger partial charge on any atom is 0.252 e. The average molecular weight is 386 g/mol. The number of rotatable bonds is 6. The van der Waals surface area contributed by atoms with Crippen molar-refractivity contribution >= 4 is 5.91 Å². The molecule has 1 amide bonds. The molecule has 2 aromatic heterocycles. The van der Waals surface area contributed by atoms with Crippen LogP contribution in [0.1, 0.15) is 27.8 Å². The van der Waals surface area contributed by atoms with Gasteiger partial charge in [0, 0.05) is 43.1 Å². The van der Waals surface area contributed by atoms with Gasteiger partial charge in [-0.25, -0.2) is 4.98 Å². The van der Waals surface area contributed by atoms with Gasteiger partial charge in [-0.2, -0.15) is 0 Å². The molecule has 0 saturated carbocycles. The maximum absolute atomic E-state index is 13.0. The van der Waals surface area contributed by atoms with Gasteiger partial charge in [-0.05, 0) is 54.1 Å². The summed E-state index contributed by atoms with van der Waals surface area (Å²) in [5.74, 6) is 1.36. The highest BCUT2D eigenvalue weighted by Crippen LogP contribution is 2.23. The van der Waals surface area contributed by atoms with Gasteiger partial charge in [0.05, 0.1) is 7.11 Å². The molecule has 6 nitrogen and oxygen atoms in total. The number of carbonyl (C=O) groups excluding carboxylic acids is 1. The summed E-state index contributed by atoms with van der Waals surface area (Å²) >= 11 is 0. The lowest BCUT2D eigenvalue weighted by molar-refractivity contribution is 0.0941. The Balaban J connectivity index is 1.60. The van der Waals surface area contributed by atoms with Crippen molar-refractivity contribution < 1.29 is 9.53 Å². The second-order valence-corrected chi connectivity index (χ2v) is 6.71. The third-order valence-electron chi connectivity index (χ3n) is 4.87. The van der Waals surface area contributed by atoms with E-state index in [2.05, 4.69) is 10.3 Å². The van der Waals surface area contributed by atoms with Crippen LogP contribution < -0.4 is 10.1 Å². The summed E-state index contributed by atoms with van der Waals surface area (Å²) in [7, 11) is 3.54. The molecule has 146 valence electrons. The van der Waals surface area contributed by atoms with Gasteiger partial charge in [0.15, 0.2) is 0 Å². The van der Waals surface area contributed by atoms with Crippen molar-refractivity contribution in [3.8, 4) is 11.4 Å². The number of benzene rings is 2. The molecule has 4 aromatic rings. The molecule has 2 aromatic carbocycles. The first-order valence-electron chi connectivity index (χ1n) is 9.31. The summed E-state index contributed by atoms with van der Waals surface area (Å²) in [5.41, 5.74) is 2.52. The third kappa shape index (κ3) is 3.91. The summed E-state index contributed by atoms with van der Waals surface area (Å²) < 4.78 is 9.15. The van der Waals surface area contributed by atoms with Gasteiger partial charge >= 0.3 is 0 Å². The van der Waals surface area contributed by atoms with E-state index in [1.54, 1.807) is 13.3 Å². The molecule has 1 N–H and O–H groups in total. The van der Waals surface area contributed by atoms with E-state index in [0.29, 0.717) is 5.56 Å². The van der Waals surface area contributed by atoms with E-state index in [4.69, 9.17) is 4.74 Å². The fourth-order valence-corrected chi connectivity index (χ4v) is 3.25. The quantitative estimate of drug-likeness (QED) is 0.549. The van der Waals surface area contributed by atoms with E-state index in [-0.39, 0.29) is 11.9 Å². The second kappa shape index (κ2) is 8.06. The van der Waals surface area contributed by atoms with Crippen LogP contribution in [0.2, 0.25) is 0 Å². The van der Waals surface area contributed by atoms with Gasteiger partial charge in [-0.15, -0.1) is 0 Å². The molecule has 29 heavy (non-hydrogen) atoms. The Hall–Kier alpha value is -3.80. The van der Waals surface area contributed by atoms with E-state index >= 15 is 0 Å². The lowest BCUT2D eigenvalue weighted by Gasteiger charge is -2.19. The zero-order chi connectivity index (χ0) is 20.2. The Morgan fingerprint density at radius 2 is 1.69 bits per heavy atom. The molecule has 0 fully saturated rings. The highest BCUT2D eigenvalue weighted by molar-refractivity contribution is 5.94. The SMILES string of the molecule is COc1ccc([C@@H](NC(=O)c2ccc(-n3cccc3)cc2)c2nccn2C)cc1. The summed E-state index contributed by atoms with van der Waals surface area (Å²) in [6.07, 6.45) is 7.53. The van der Waals surface area contributed by atoms with Crippen molar-refractivity contribution in [1.82, 2.24) is 19.4 Å². The van der Waals surface area contributed by atoms with Gasteiger partial charge in [0.1, 0.15) is 17.6 Å². The number of aromatic nitrogens is 3. The highest BCUT2D eigenvalue weighted by atomic mass is 16.5. The minimum Gasteiger partial charge on any atom is -0.497 e. The summed E-state index contributed by atoms with van der Waals surface area (Å²) in [4.78, 5) is 17.4. The number of ether oxygens (including phenoxy) is 1. The van der Waals surface area contributed by atoms with Crippen molar-refractivity contribution in [3.05, 3.63) is 102 Å². The number of amides is 1. The van der Waals surface area contributed by atoms with Crippen LogP contribution >= 0.6 is 0 Å². The topological polar surface area (TPSA) is 61.1 Å². The Morgan fingerprint density at radius 3 is 2.28 bits per heavy atom. The van der Waals surface area contributed by atoms with Crippen LogP contribution in [-0.4, -0.2) is 27.1 Å². The van der Waals surface area contributed by atoms with Gasteiger partial charge in [0.2, 0.25) is 0 Å². The van der Waals surface area contributed by atoms with Gasteiger partial charge < -0.3 is 19.2 Å². The maximum atomic E-state index is 13.0. The molecule has 0 aliphatic heterocycles. The zero-order valence-corrected chi connectivity index (χ0v) is 16.3. The minimum atomic E-state index is -0.377. The van der Waals surface area contributed by atoms with Crippen molar-refractivity contribution in [2.24, 2.45) is 7.05 Å². The smallest absolute Gasteiger partial charge is 0.252 e. The van der Waals surface area contributed by atoms with Gasteiger partial charge in [0.25, 0.3) is 5.91 Å². The van der Waals surface area contributed by atoms with E-state index in [9.17, 15) is 4.79 Å². The first kappa shape index (κ1) is 18.6. The molecule has 0 spiro atoms. The number of hydrogen-bond donors (Lipinski definition) is 1. The molecule has 0 unspecified atom stereocenters. The summed E-state index contributed by atoms with van der Waals surface area (Å²) in [5, 5.41) is 3.11. The summed E-state index contributed by atoms with van der Waals surface area (Å²) in [6, 6.07) is 18.7. The number of aryl methyl sites for hydroxylation is 1. The monoisotopic (exact) mass is 386 g/mol. The van der Waals surface area contributed by atoms with Crippen molar-refractivity contribution in [1.29, 1.82) is 0 Å². The Morgan fingerprint density at radius 1 is 1.00 bits per heavy atom. The Kier molecular flexibility index (Phi) is 5.16. The fourth-order valence-electron chi connectivity index (χ4n) is 3.25. The predicted octanol–water partition coefficient (Wildman–Crippen LogP) is 3.74. The lowest BCUT2D eigenvalue weighted by atomic mass is 10.0. The molecule has 0 bridgehead atoms. The van der Waals surface area contributed by atoms with Gasteiger partial charge in [-0.1, -0.05) is 12.1 Å². The molecule has 0 aliphatic carbocycles. The highest BCUT2D eigenvalue weighted by Gasteiger charge is 2.21. The van der Waals surface area contributed by atoms with Crippen molar-refractivity contribution in [2.45, 2.75) is 6.04 Å². The minimum absolute atomic E-state index is 0.159. The van der Waals surface area contributed by atoms with Gasteiger partial charge in [-0.3, -0.25) is 4.79 Å². The molecular weight excluding hydrogens is 364 g/mol. The van der Waals surface area contributed by atoms with E-state index in [1.807, 2.05) is 95.4 Å². The van der Waals surface area contributed by atoms with Crippen LogP contribution in [0.4, 0.5) is 0 Å². The molecular formula is C23H22N4O2. The Labute approximate surface area is 169 Å². The zero-order valence-electron chi connectivity index (χ0n) is 16.3. The number of methoxy groups -OCH3 is 1. The van der Waals surface area contributed by atoms with E-state index < -0.39 is 0 Å². The molecule has 6 heteroatoms. The van der Waals surface area contributed by atoms with Crippen LogP contribution in [0.15, 0.2) is 85.5 Å². The largest absolute Gasteiger partial charge is 0.497 e.